The highest BCUT2D eigenvalue weighted by atomic mass is 16.5. The fourth-order valence-electron chi connectivity index (χ4n) is 4.36. The summed E-state index contributed by atoms with van der Waals surface area (Å²) in [6.45, 7) is 8.57. The standard InChI is InChI=1S/C15H29N3O/c1-13-9-17-7-3-2-5-14(17)10-18(13)15(11-16)6-4-8-19-12-15/h13-14H,2-12,16H2,1H3. The van der Waals surface area contributed by atoms with Gasteiger partial charge in [0, 0.05) is 38.3 Å². The van der Waals surface area contributed by atoms with Crippen LogP contribution in [-0.4, -0.2) is 66.8 Å². The van der Waals surface area contributed by atoms with Gasteiger partial charge in [-0.2, -0.15) is 0 Å². The lowest BCUT2D eigenvalue weighted by atomic mass is 9.86. The van der Waals surface area contributed by atoms with E-state index in [0.717, 1.165) is 32.2 Å². The van der Waals surface area contributed by atoms with Crippen molar-refractivity contribution in [3.8, 4) is 0 Å². The van der Waals surface area contributed by atoms with Gasteiger partial charge < -0.3 is 10.5 Å². The highest BCUT2D eigenvalue weighted by molar-refractivity contribution is 5.01. The van der Waals surface area contributed by atoms with Crippen molar-refractivity contribution >= 4 is 0 Å². The number of rotatable bonds is 2. The van der Waals surface area contributed by atoms with E-state index in [1.54, 1.807) is 0 Å². The molecule has 0 aliphatic carbocycles. The van der Waals surface area contributed by atoms with Gasteiger partial charge in [0.1, 0.15) is 0 Å². The lowest BCUT2D eigenvalue weighted by molar-refractivity contribution is -0.0998. The molecule has 0 aromatic carbocycles. The van der Waals surface area contributed by atoms with Crippen molar-refractivity contribution in [3.63, 3.8) is 0 Å². The van der Waals surface area contributed by atoms with Gasteiger partial charge in [0.2, 0.25) is 0 Å². The van der Waals surface area contributed by atoms with Gasteiger partial charge in [-0.25, -0.2) is 0 Å². The first-order valence-electron chi connectivity index (χ1n) is 8.04. The van der Waals surface area contributed by atoms with Gasteiger partial charge in [-0.3, -0.25) is 9.80 Å². The fourth-order valence-corrected chi connectivity index (χ4v) is 4.36. The molecule has 0 aromatic rings. The SMILES string of the molecule is CC1CN2CCCCC2CN1C1(CN)CCCOC1. The van der Waals surface area contributed by atoms with Gasteiger partial charge >= 0.3 is 0 Å². The highest BCUT2D eigenvalue weighted by Crippen LogP contribution is 2.33. The molecule has 3 heterocycles. The van der Waals surface area contributed by atoms with Crippen LogP contribution in [0.4, 0.5) is 0 Å². The van der Waals surface area contributed by atoms with Crippen LogP contribution in [0.25, 0.3) is 0 Å². The van der Waals surface area contributed by atoms with Crippen LogP contribution in [0.15, 0.2) is 0 Å². The Morgan fingerprint density at radius 1 is 1.26 bits per heavy atom. The molecule has 3 rings (SSSR count). The number of hydrogen-bond donors (Lipinski definition) is 1. The van der Waals surface area contributed by atoms with E-state index < -0.39 is 0 Å². The predicted octanol–water partition coefficient (Wildman–Crippen LogP) is 1.05. The molecule has 2 N–H and O–H groups in total. The van der Waals surface area contributed by atoms with Crippen LogP contribution in [-0.2, 0) is 4.74 Å². The maximum Gasteiger partial charge on any atom is 0.0662 e. The number of ether oxygens (including phenoxy) is 1. The Balaban J connectivity index is 1.75. The van der Waals surface area contributed by atoms with Gasteiger partial charge in [-0.05, 0) is 39.2 Å². The first kappa shape index (κ1) is 13.8. The van der Waals surface area contributed by atoms with Crippen LogP contribution in [0.2, 0.25) is 0 Å². The molecule has 3 aliphatic rings. The molecule has 0 bridgehead atoms. The van der Waals surface area contributed by atoms with E-state index in [9.17, 15) is 0 Å². The first-order chi connectivity index (χ1) is 9.25. The second-order valence-corrected chi connectivity index (χ2v) is 6.73. The van der Waals surface area contributed by atoms with Crippen LogP contribution in [0.3, 0.4) is 0 Å². The number of piperazine rings is 1. The summed E-state index contributed by atoms with van der Waals surface area (Å²) in [6, 6.07) is 1.37. The molecule has 4 heteroatoms. The Hall–Kier alpha value is -0.160. The average molecular weight is 267 g/mol. The van der Waals surface area contributed by atoms with Crippen molar-refractivity contribution in [2.75, 3.05) is 39.4 Å². The molecule has 0 saturated carbocycles. The molecule has 110 valence electrons. The minimum Gasteiger partial charge on any atom is -0.379 e. The minimum atomic E-state index is 0.112. The summed E-state index contributed by atoms with van der Waals surface area (Å²) in [6.07, 6.45) is 6.52. The molecule has 3 fully saturated rings. The molecule has 3 unspecified atom stereocenters. The summed E-state index contributed by atoms with van der Waals surface area (Å²) in [5.74, 6) is 0. The van der Waals surface area contributed by atoms with Gasteiger partial charge in [0.05, 0.1) is 12.1 Å². The second kappa shape index (κ2) is 5.68. The van der Waals surface area contributed by atoms with Gasteiger partial charge in [-0.15, -0.1) is 0 Å². The quantitative estimate of drug-likeness (QED) is 0.812. The Labute approximate surface area is 117 Å². The number of piperidine rings is 1. The molecule has 0 spiro atoms. The van der Waals surface area contributed by atoms with Crippen molar-refractivity contribution < 1.29 is 4.74 Å². The van der Waals surface area contributed by atoms with Crippen LogP contribution in [0, 0.1) is 0 Å². The summed E-state index contributed by atoms with van der Waals surface area (Å²) in [7, 11) is 0. The monoisotopic (exact) mass is 267 g/mol. The van der Waals surface area contributed by atoms with Crippen molar-refractivity contribution in [1.29, 1.82) is 0 Å². The van der Waals surface area contributed by atoms with Crippen molar-refractivity contribution in [2.24, 2.45) is 5.73 Å². The summed E-state index contributed by atoms with van der Waals surface area (Å²) >= 11 is 0. The summed E-state index contributed by atoms with van der Waals surface area (Å²) in [5, 5.41) is 0. The van der Waals surface area contributed by atoms with E-state index in [-0.39, 0.29) is 5.54 Å². The topological polar surface area (TPSA) is 41.7 Å². The third-order valence-electron chi connectivity index (χ3n) is 5.48. The number of nitrogens with two attached hydrogens (primary N) is 1. The molecule has 3 atom stereocenters. The zero-order chi connectivity index (χ0) is 13.3. The van der Waals surface area contributed by atoms with E-state index in [2.05, 4.69) is 16.7 Å². The van der Waals surface area contributed by atoms with E-state index in [0.29, 0.717) is 6.04 Å². The lowest BCUT2D eigenvalue weighted by Crippen LogP contribution is -2.69. The molecule has 4 nitrogen and oxygen atoms in total. The maximum atomic E-state index is 6.16. The lowest BCUT2D eigenvalue weighted by Gasteiger charge is -2.55. The van der Waals surface area contributed by atoms with Gasteiger partial charge in [-0.1, -0.05) is 6.42 Å². The van der Waals surface area contributed by atoms with Gasteiger partial charge in [0.15, 0.2) is 0 Å². The Morgan fingerprint density at radius 2 is 2.16 bits per heavy atom. The molecule has 0 aromatic heterocycles. The zero-order valence-corrected chi connectivity index (χ0v) is 12.3. The van der Waals surface area contributed by atoms with E-state index in [1.807, 2.05) is 0 Å². The minimum absolute atomic E-state index is 0.112. The molecule has 19 heavy (non-hydrogen) atoms. The fraction of sp³-hybridized carbons (Fsp3) is 1.00. The smallest absolute Gasteiger partial charge is 0.0662 e. The largest absolute Gasteiger partial charge is 0.379 e. The molecular weight excluding hydrogens is 238 g/mol. The van der Waals surface area contributed by atoms with Crippen molar-refractivity contribution in [3.05, 3.63) is 0 Å². The Bertz CT molecular complexity index is 304. The summed E-state index contributed by atoms with van der Waals surface area (Å²) in [5.41, 5.74) is 6.28. The van der Waals surface area contributed by atoms with Crippen LogP contribution in [0.1, 0.15) is 39.0 Å². The molecule has 3 saturated heterocycles. The third kappa shape index (κ3) is 2.56. The second-order valence-electron chi connectivity index (χ2n) is 6.73. The van der Waals surface area contributed by atoms with Crippen LogP contribution in [0.5, 0.6) is 0 Å². The zero-order valence-electron chi connectivity index (χ0n) is 12.3. The van der Waals surface area contributed by atoms with E-state index in [1.165, 1.54) is 45.3 Å². The van der Waals surface area contributed by atoms with Crippen LogP contribution < -0.4 is 5.73 Å². The number of fused-ring (bicyclic) bond motifs is 1. The van der Waals surface area contributed by atoms with Gasteiger partial charge in [0.25, 0.3) is 0 Å². The molecular formula is C15H29N3O. The molecule has 0 radical (unpaired) electrons. The van der Waals surface area contributed by atoms with E-state index in [4.69, 9.17) is 10.5 Å². The van der Waals surface area contributed by atoms with Crippen molar-refractivity contribution in [2.45, 2.75) is 56.7 Å². The number of nitrogens with zero attached hydrogens (tertiary/aromatic N) is 2. The third-order valence-corrected chi connectivity index (χ3v) is 5.48. The maximum absolute atomic E-state index is 6.16. The highest BCUT2D eigenvalue weighted by Gasteiger charge is 2.44. The van der Waals surface area contributed by atoms with Crippen molar-refractivity contribution in [1.82, 2.24) is 9.80 Å². The Kier molecular flexibility index (Phi) is 4.13. The molecule has 3 aliphatic heterocycles. The summed E-state index contributed by atoms with van der Waals surface area (Å²) in [4.78, 5) is 5.40. The Morgan fingerprint density at radius 3 is 2.89 bits per heavy atom. The number of hydrogen-bond acceptors (Lipinski definition) is 4. The van der Waals surface area contributed by atoms with Crippen LogP contribution >= 0.6 is 0 Å². The summed E-state index contributed by atoms with van der Waals surface area (Å²) < 4.78 is 5.78. The first-order valence-corrected chi connectivity index (χ1v) is 8.04. The average Bonchev–Trinajstić information content (AvgIpc) is 2.47. The predicted molar refractivity (Wildman–Crippen MR) is 77.2 cm³/mol. The normalized spacial score (nSPS) is 42.0. The molecule has 0 amide bonds. The van der Waals surface area contributed by atoms with E-state index >= 15 is 0 Å².